The van der Waals surface area contributed by atoms with Crippen LogP contribution in [-0.4, -0.2) is 51.7 Å². The number of piperidine rings is 1. The number of nitrogens with one attached hydrogen (secondary N) is 1. The summed E-state index contributed by atoms with van der Waals surface area (Å²) in [7, 11) is 0. The standard InChI is InChI=1S/C20H24F3N3O3/c21-20(22,23)17(28)25-15(16(27)26-13(8-24)2-12-3-14(12)26)18-4-10-1-11(5-18)7-19(29,6-10)9-18/h10-15,29H,1-7,9H2,(H,25,28)/t10-,11+,12-,13+,14+,15-,18?,19?/m1/s1. The molecule has 6 rings (SSSR count). The van der Waals surface area contributed by atoms with Crippen LogP contribution in [0.2, 0.25) is 0 Å². The lowest BCUT2D eigenvalue weighted by Gasteiger charge is -2.62. The average molecular weight is 411 g/mol. The molecule has 0 spiro atoms. The van der Waals surface area contributed by atoms with Gasteiger partial charge in [-0.3, -0.25) is 9.59 Å². The molecule has 0 aromatic heterocycles. The summed E-state index contributed by atoms with van der Waals surface area (Å²) in [5, 5.41) is 22.5. The molecule has 0 radical (unpaired) electrons. The SMILES string of the molecule is N#C[C@@H]1C[C@@H]2C[C@@H]2N1C(=O)[C@@H](NC(=O)C(F)(F)F)C12C[C@@H]3C[C@@H](CC(O)(C3)C1)C2. The van der Waals surface area contributed by atoms with Crippen molar-refractivity contribution in [3.05, 3.63) is 0 Å². The van der Waals surface area contributed by atoms with Gasteiger partial charge < -0.3 is 15.3 Å². The number of hydrogen-bond donors (Lipinski definition) is 2. The summed E-state index contributed by atoms with van der Waals surface area (Å²) in [5.74, 6) is -2.18. The van der Waals surface area contributed by atoms with Gasteiger partial charge in [-0.05, 0) is 69.1 Å². The number of rotatable bonds is 3. The third-order valence-corrected chi connectivity index (χ3v) is 7.98. The number of aliphatic hydroxyl groups is 1. The molecule has 158 valence electrons. The number of halogens is 3. The van der Waals surface area contributed by atoms with Crippen LogP contribution in [0.15, 0.2) is 0 Å². The number of fused-ring (bicyclic) bond motifs is 1. The van der Waals surface area contributed by atoms with Crippen LogP contribution >= 0.6 is 0 Å². The Morgan fingerprint density at radius 3 is 2.34 bits per heavy atom. The number of carbonyl (C=O) groups is 2. The molecule has 5 saturated carbocycles. The number of nitriles is 1. The lowest BCUT2D eigenvalue weighted by molar-refractivity contribution is -0.191. The van der Waals surface area contributed by atoms with Crippen LogP contribution in [0.1, 0.15) is 51.4 Å². The predicted octanol–water partition coefficient (Wildman–Crippen LogP) is 1.88. The van der Waals surface area contributed by atoms with E-state index in [1.807, 2.05) is 5.32 Å². The van der Waals surface area contributed by atoms with Gasteiger partial charge in [0.05, 0.1) is 11.7 Å². The first-order valence-electron chi connectivity index (χ1n) is 10.4. The number of alkyl halides is 3. The van der Waals surface area contributed by atoms with Gasteiger partial charge in [0, 0.05) is 11.5 Å². The summed E-state index contributed by atoms with van der Waals surface area (Å²) in [6.07, 6.45) is -0.406. The monoisotopic (exact) mass is 411 g/mol. The van der Waals surface area contributed by atoms with Gasteiger partial charge in [-0.2, -0.15) is 18.4 Å². The van der Waals surface area contributed by atoms with Crippen molar-refractivity contribution in [3.8, 4) is 6.07 Å². The third kappa shape index (κ3) is 2.94. The number of hydrogen-bond acceptors (Lipinski definition) is 4. The van der Waals surface area contributed by atoms with E-state index in [2.05, 4.69) is 6.07 Å². The Bertz CT molecular complexity index is 793. The maximum Gasteiger partial charge on any atom is 0.471 e. The van der Waals surface area contributed by atoms with Crippen molar-refractivity contribution in [2.75, 3.05) is 0 Å². The molecule has 0 aromatic carbocycles. The second-order valence-electron chi connectivity index (χ2n) is 10.1. The summed E-state index contributed by atoms with van der Waals surface area (Å²) in [6, 6.07) is -0.0360. The smallest absolute Gasteiger partial charge is 0.390 e. The van der Waals surface area contributed by atoms with Crippen LogP contribution in [-0.2, 0) is 9.59 Å². The molecule has 29 heavy (non-hydrogen) atoms. The fourth-order valence-corrected chi connectivity index (χ4v) is 7.35. The zero-order valence-electron chi connectivity index (χ0n) is 15.9. The Morgan fingerprint density at radius 2 is 1.79 bits per heavy atom. The number of nitrogens with zero attached hydrogens (tertiary/aromatic N) is 2. The number of likely N-dealkylation sites (tertiary alicyclic amines) is 1. The lowest BCUT2D eigenvalue weighted by Crippen LogP contribution is -2.67. The van der Waals surface area contributed by atoms with E-state index in [-0.39, 0.29) is 30.2 Å². The summed E-state index contributed by atoms with van der Waals surface area (Å²) in [5.41, 5.74) is -1.86. The molecule has 8 atom stereocenters. The van der Waals surface area contributed by atoms with Gasteiger partial charge in [-0.25, -0.2) is 0 Å². The molecule has 6 nitrogen and oxygen atoms in total. The maximum atomic E-state index is 13.5. The molecular formula is C20H24F3N3O3. The molecule has 1 saturated heterocycles. The van der Waals surface area contributed by atoms with Crippen LogP contribution < -0.4 is 5.32 Å². The van der Waals surface area contributed by atoms with Crippen molar-refractivity contribution in [1.29, 1.82) is 5.26 Å². The van der Waals surface area contributed by atoms with Gasteiger partial charge in [0.15, 0.2) is 0 Å². The highest BCUT2D eigenvalue weighted by atomic mass is 19.4. The fourth-order valence-electron chi connectivity index (χ4n) is 7.35. The maximum absolute atomic E-state index is 13.5. The quantitative estimate of drug-likeness (QED) is 0.742. The Kier molecular flexibility index (Phi) is 3.88. The highest BCUT2D eigenvalue weighted by molar-refractivity contribution is 5.91. The van der Waals surface area contributed by atoms with E-state index in [0.29, 0.717) is 32.1 Å². The van der Waals surface area contributed by atoms with Crippen LogP contribution in [0, 0.1) is 34.5 Å². The van der Waals surface area contributed by atoms with Gasteiger partial charge in [0.1, 0.15) is 12.1 Å². The third-order valence-electron chi connectivity index (χ3n) is 7.98. The van der Waals surface area contributed by atoms with Crippen molar-refractivity contribution in [2.45, 2.75) is 81.3 Å². The van der Waals surface area contributed by atoms with Gasteiger partial charge in [-0.1, -0.05) is 0 Å². The Balaban J connectivity index is 1.50. The van der Waals surface area contributed by atoms with Crippen molar-refractivity contribution in [3.63, 3.8) is 0 Å². The highest BCUT2D eigenvalue weighted by Gasteiger charge is 2.64. The minimum atomic E-state index is -5.10. The second kappa shape index (κ2) is 5.87. The molecule has 2 N–H and O–H groups in total. The van der Waals surface area contributed by atoms with E-state index in [1.165, 1.54) is 4.90 Å². The number of carbonyl (C=O) groups excluding carboxylic acids is 2. The molecule has 5 aliphatic carbocycles. The topological polar surface area (TPSA) is 93.4 Å². The van der Waals surface area contributed by atoms with Crippen molar-refractivity contribution in [1.82, 2.24) is 10.2 Å². The molecular weight excluding hydrogens is 387 g/mol. The molecule has 2 unspecified atom stereocenters. The van der Waals surface area contributed by atoms with Crippen LogP contribution in [0.4, 0.5) is 13.2 Å². The molecule has 2 amide bonds. The summed E-state index contributed by atoms with van der Waals surface area (Å²) < 4.78 is 39.3. The molecule has 4 bridgehead atoms. The van der Waals surface area contributed by atoms with E-state index in [9.17, 15) is 33.1 Å². The summed E-state index contributed by atoms with van der Waals surface area (Å²) in [4.78, 5) is 26.8. The fraction of sp³-hybridized carbons (Fsp3) is 0.850. The zero-order valence-corrected chi connectivity index (χ0v) is 15.9. The van der Waals surface area contributed by atoms with Crippen LogP contribution in [0.3, 0.4) is 0 Å². The van der Waals surface area contributed by atoms with E-state index in [0.717, 1.165) is 12.8 Å². The Hall–Kier alpha value is -1.82. The van der Waals surface area contributed by atoms with E-state index < -0.39 is 41.1 Å². The summed E-state index contributed by atoms with van der Waals surface area (Å²) >= 11 is 0. The number of amides is 2. The molecule has 0 aromatic rings. The second-order valence-corrected chi connectivity index (χ2v) is 10.1. The summed E-state index contributed by atoms with van der Waals surface area (Å²) in [6.45, 7) is 0. The first kappa shape index (κ1) is 19.2. The van der Waals surface area contributed by atoms with E-state index in [1.54, 1.807) is 0 Å². The van der Waals surface area contributed by atoms with Crippen LogP contribution in [0.5, 0.6) is 0 Å². The lowest BCUT2D eigenvalue weighted by atomic mass is 9.46. The molecule has 6 aliphatic rings. The normalized spacial score (nSPS) is 45.5. The van der Waals surface area contributed by atoms with Gasteiger partial charge in [0.25, 0.3) is 0 Å². The average Bonchev–Trinajstić information content (AvgIpc) is 3.25. The van der Waals surface area contributed by atoms with E-state index in [4.69, 9.17) is 0 Å². The highest BCUT2D eigenvalue weighted by Crippen LogP contribution is 2.63. The van der Waals surface area contributed by atoms with Gasteiger partial charge in [-0.15, -0.1) is 0 Å². The van der Waals surface area contributed by atoms with Crippen molar-refractivity contribution < 1.29 is 27.9 Å². The van der Waals surface area contributed by atoms with E-state index >= 15 is 0 Å². The van der Waals surface area contributed by atoms with Gasteiger partial charge >= 0.3 is 12.1 Å². The Morgan fingerprint density at radius 1 is 1.14 bits per heavy atom. The molecule has 1 heterocycles. The minimum Gasteiger partial charge on any atom is -0.390 e. The van der Waals surface area contributed by atoms with Crippen molar-refractivity contribution >= 4 is 11.8 Å². The molecule has 9 heteroatoms. The molecule has 6 fully saturated rings. The van der Waals surface area contributed by atoms with Gasteiger partial charge in [0.2, 0.25) is 5.91 Å². The van der Waals surface area contributed by atoms with Crippen LogP contribution in [0.25, 0.3) is 0 Å². The zero-order chi connectivity index (χ0) is 20.8. The molecule has 1 aliphatic heterocycles. The van der Waals surface area contributed by atoms with Crippen molar-refractivity contribution in [2.24, 2.45) is 23.2 Å². The first-order chi connectivity index (χ1) is 13.5. The Labute approximate surface area is 166 Å². The predicted molar refractivity (Wildman–Crippen MR) is 92.8 cm³/mol. The first-order valence-corrected chi connectivity index (χ1v) is 10.4. The largest absolute Gasteiger partial charge is 0.471 e. The minimum absolute atomic E-state index is 0.116.